The van der Waals surface area contributed by atoms with E-state index in [1.807, 2.05) is 37.2 Å². The molecule has 0 bridgehead atoms. The highest BCUT2D eigenvalue weighted by Gasteiger charge is 2.17. The molecule has 0 fully saturated rings. The average Bonchev–Trinajstić information content (AvgIpc) is 3.04. The second-order valence-electron chi connectivity index (χ2n) is 6.49. The highest BCUT2D eigenvalue weighted by atomic mass is 79.9. The number of fused-ring (bicyclic) bond motifs is 1. The van der Waals surface area contributed by atoms with Crippen molar-refractivity contribution < 1.29 is 9.53 Å². The quantitative estimate of drug-likeness (QED) is 0.561. The van der Waals surface area contributed by atoms with Crippen LogP contribution in [0.1, 0.15) is 15.9 Å². The third-order valence-corrected chi connectivity index (χ3v) is 4.72. The van der Waals surface area contributed by atoms with Crippen molar-refractivity contribution in [1.82, 2.24) is 14.5 Å². The van der Waals surface area contributed by atoms with Crippen LogP contribution >= 0.6 is 15.9 Å². The molecule has 0 saturated heterocycles. The molecular formula is C21H19BrN4O2. The van der Waals surface area contributed by atoms with Crippen LogP contribution in [0.2, 0.25) is 0 Å². The summed E-state index contributed by atoms with van der Waals surface area (Å²) in [5.41, 5.74) is 2.55. The van der Waals surface area contributed by atoms with Crippen molar-refractivity contribution >= 4 is 44.4 Å². The molecule has 6 nitrogen and oxygen atoms in total. The highest BCUT2D eigenvalue weighted by molar-refractivity contribution is 9.10. The minimum absolute atomic E-state index is 0.0696. The zero-order chi connectivity index (χ0) is 20.3. The normalized spacial score (nSPS) is 11.6. The number of allylic oxidation sites excluding steroid dienone is 1. The molecule has 0 radical (unpaired) electrons. The lowest BCUT2D eigenvalue weighted by atomic mass is 10.0. The topological polar surface area (TPSA) is 71.1 Å². The van der Waals surface area contributed by atoms with E-state index in [9.17, 15) is 10.1 Å². The molecule has 3 aromatic rings. The predicted molar refractivity (Wildman–Crippen MR) is 113 cm³/mol. The number of hydrogen-bond acceptors (Lipinski definition) is 5. The molecule has 0 saturated carbocycles. The van der Waals surface area contributed by atoms with Gasteiger partial charge in [-0.15, -0.1) is 0 Å². The Bertz CT molecular complexity index is 1110. The number of hydrogen-bond donors (Lipinski definition) is 0. The number of rotatable bonds is 5. The second-order valence-corrected chi connectivity index (χ2v) is 7.41. The number of ether oxygens (including phenoxy) is 1. The summed E-state index contributed by atoms with van der Waals surface area (Å²) < 4.78 is 7.82. The van der Waals surface area contributed by atoms with Crippen LogP contribution in [-0.4, -0.2) is 48.1 Å². The van der Waals surface area contributed by atoms with Crippen LogP contribution in [0.4, 0.5) is 0 Å². The van der Waals surface area contributed by atoms with Gasteiger partial charge in [0.05, 0.1) is 30.8 Å². The SMILES string of the molecule is COc1ccncc1/C=C(\C#N)c1cn(C(=O)CN(C)C)c2ccc(Br)cc12. The predicted octanol–water partition coefficient (Wildman–Crippen LogP) is 4.07. The van der Waals surface area contributed by atoms with E-state index < -0.39 is 0 Å². The summed E-state index contributed by atoms with van der Waals surface area (Å²) in [6, 6.07) is 9.65. The van der Waals surface area contributed by atoms with E-state index >= 15 is 0 Å². The van der Waals surface area contributed by atoms with Crippen molar-refractivity contribution in [3.05, 3.63) is 58.5 Å². The molecule has 0 N–H and O–H groups in total. The summed E-state index contributed by atoms with van der Waals surface area (Å²) in [7, 11) is 5.26. The first-order valence-corrected chi connectivity index (χ1v) is 9.32. The van der Waals surface area contributed by atoms with Crippen LogP contribution in [0, 0.1) is 11.3 Å². The summed E-state index contributed by atoms with van der Waals surface area (Å²) in [5, 5.41) is 10.6. The van der Waals surface area contributed by atoms with Gasteiger partial charge in [0.25, 0.3) is 0 Å². The first kappa shape index (κ1) is 19.8. The standard InChI is InChI=1S/C21H19BrN4O2/c1-25(2)13-21(27)26-12-18(17-9-16(22)4-5-19(17)26)14(10-23)8-15-11-24-7-6-20(15)28-3/h4-9,11-12H,13H2,1-3H3/b14-8+. The van der Waals surface area contributed by atoms with Crippen LogP contribution in [0.15, 0.2) is 47.3 Å². The smallest absolute Gasteiger partial charge is 0.245 e. The molecule has 3 rings (SSSR count). The Morgan fingerprint density at radius 2 is 2.18 bits per heavy atom. The fourth-order valence-corrected chi connectivity index (χ4v) is 3.34. The van der Waals surface area contributed by atoms with Crippen molar-refractivity contribution in [1.29, 1.82) is 5.26 Å². The van der Waals surface area contributed by atoms with Crippen LogP contribution in [0.5, 0.6) is 5.75 Å². The molecule has 0 atom stereocenters. The number of carbonyl (C=O) groups is 1. The van der Waals surface area contributed by atoms with Gasteiger partial charge in [-0.05, 0) is 44.4 Å². The zero-order valence-electron chi connectivity index (χ0n) is 15.8. The first-order chi connectivity index (χ1) is 13.4. The van der Waals surface area contributed by atoms with E-state index in [4.69, 9.17) is 4.74 Å². The average molecular weight is 439 g/mol. The Morgan fingerprint density at radius 1 is 1.39 bits per heavy atom. The molecule has 0 amide bonds. The van der Waals surface area contributed by atoms with Crippen molar-refractivity contribution in [3.8, 4) is 11.8 Å². The molecule has 142 valence electrons. The van der Waals surface area contributed by atoms with Crippen molar-refractivity contribution in [2.24, 2.45) is 0 Å². The minimum atomic E-state index is -0.0696. The van der Waals surface area contributed by atoms with Crippen molar-refractivity contribution in [3.63, 3.8) is 0 Å². The Hall–Kier alpha value is -2.95. The van der Waals surface area contributed by atoms with E-state index in [-0.39, 0.29) is 12.5 Å². The van der Waals surface area contributed by atoms with Gasteiger partial charge in [-0.25, -0.2) is 0 Å². The van der Waals surface area contributed by atoms with Gasteiger partial charge in [0, 0.05) is 39.6 Å². The summed E-state index contributed by atoms with van der Waals surface area (Å²) >= 11 is 3.48. The van der Waals surface area contributed by atoms with Gasteiger partial charge in [0.15, 0.2) is 0 Å². The lowest BCUT2D eigenvalue weighted by Crippen LogP contribution is -2.25. The lowest BCUT2D eigenvalue weighted by molar-refractivity contribution is 0.0882. The Morgan fingerprint density at radius 3 is 2.86 bits per heavy atom. The Kier molecular flexibility index (Phi) is 5.93. The van der Waals surface area contributed by atoms with Crippen LogP contribution in [0.25, 0.3) is 22.6 Å². The fraction of sp³-hybridized carbons (Fsp3) is 0.190. The minimum Gasteiger partial charge on any atom is -0.496 e. The van der Waals surface area contributed by atoms with Crippen LogP contribution in [-0.2, 0) is 0 Å². The van der Waals surface area contributed by atoms with Gasteiger partial charge in [0.2, 0.25) is 5.91 Å². The van der Waals surface area contributed by atoms with E-state index in [2.05, 4.69) is 27.0 Å². The summed E-state index contributed by atoms with van der Waals surface area (Å²) in [6.07, 6.45) is 6.72. The number of benzene rings is 1. The number of carbonyl (C=O) groups excluding carboxylic acids is 1. The number of likely N-dealkylation sites (N-methyl/N-ethyl adjacent to an activating group) is 1. The van der Waals surface area contributed by atoms with E-state index in [1.54, 1.807) is 42.4 Å². The molecule has 0 spiro atoms. The monoisotopic (exact) mass is 438 g/mol. The first-order valence-electron chi connectivity index (χ1n) is 8.53. The third-order valence-electron chi connectivity index (χ3n) is 4.23. The van der Waals surface area contributed by atoms with E-state index in [1.165, 1.54) is 0 Å². The van der Waals surface area contributed by atoms with E-state index in [0.29, 0.717) is 22.4 Å². The molecule has 0 aliphatic rings. The third kappa shape index (κ3) is 3.98. The molecule has 2 heterocycles. The van der Waals surface area contributed by atoms with E-state index in [0.717, 1.165) is 15.4 Å². The Labute approximate surface area is 171 Å². The van der Waals surface area contributed by atoms with Gasteiger partial charge in [-0.1, -0.05) is 15.9 Å². The summed E-state index contributed by atoms with van der Waals surface area (Å²) in [6.45, 7) is 0.265. The molecule has 0 aliphatic heterocycles. The number of methoxy groups -OCH3 is 1. The molecule has 1 aromatic carbocycles. The maximum Gasteiger partial charge on any atom is 0.245 e. The zero-order valence-corrected chi connectivity index (χ0v) is 17.4. The van der Waals surface area contributed by atoms with Crippen LogP contribution in [0.3, 0.4) is 0 Å². The largest absolute Gasteiger partial charge is 0.496 e. The second kappa shape index (κ2) is 8.38. The maximum atomic E-state index is 12.7. The Balaban J connectivity index is 2.21. The number of aromatic nitrogens is 2. The number of nitriles is 1. The molecular weight excluding hydrogens is 420 g/mol. The molecule has 7 heteroatoms. The van der Waals surface area contributed by atoms with Gasteiger partial charge in [0.1, 0.15) is 5.75 Å². The van der Waals surface area contributed by atoms with Gasteiger partial charge < -0.3 is 9.64 Å². The maximum absolute atomic E-state index is 12.7. The van der Waals surface area contributed by atoms with Crippen LogP contribution < -0.4 is 4.74 Å². The van der Waals surface area contributed by atoms with Crippen molar-refractivity contribution in [2.75, 3.05) is 27.7 Å². The van der Waals surface area contributed by atoms with Gasteiger partial charge >= 0.3 is 0 Å². The van der Waals surface area contributed by atoms with Gasteiger partial charge in [-0.3, -0.25) is 14.3 Å². The van der Waals surface area contributed by atoms with Gasteiger partial charge in [-0.2, -0.15) is 5.26 Å². The molecule has 28 heavy (non-hydrogen) atoms. The molecule has 0 unspecified atom stereocenters. The molecule has 0 aliphatic carbocycles. The summed E-state index contributed by atoms with van der Waals surface area (Å²) in [5.74, 6) is 0.552. The lowest BCUT2D eigenvalue weighted by Gasteiger charge is -2.09. The number of pyridine rings is 1. The summed E-state index contributed by atoms with van der Waals surface area (Å²) in [4.78, 5) is 18.6. The fourth-order valence-electron chi connectivity index (χ4n) is 2.98. The molecule has 2 aromatic heterocycles. The number of halogens is 1. The highest BCUT2D eigenvalue weighted by Crippen LogP contribution is 2.32. The van der Waals surface area contributed by atoms with Crippen molar-refractivity contribution in [2.45, 2.75) is 0 Å². The number of nitrogens with zero attached hydrogens (tertiary/aromatic N) is 4.